The second-order valence-corrected chi connectivity index (χ2v) is 4.58. The third kappa shape index (κ3) is 3.99. The second-order valence-electron chi connectivity index (χ2n) is 3.63. The molecule has 0 unspecified atom stereocenters. The molecule has 0 saturated carbocycles. The lowest BCUT2D eigenvalue weighted by Gasteiger charge is -2.04. The molecular formula is C11H11N5O3S. The standard InChI is InChI=1S/C11H11N5O3S/c17-9(18)7-6-20-8(15-7)2-5-14-11(19)16-10-12-3-1-4-13-10/h1,3-4,6H,2,5H2,(H,17,18)(H2,12,13,14,16,19). The minimum Gasteiger partial charge on any atom is -0.476 e. The molecular weight excluding hydrogens is 282 g/mol. The van der Waals surface area contributed by atoms with E-state index in [1.54, 1.807) is 6.07 Å². The average molecular weight is 293 g/mol. The zero-order valence-corrected chi connectivity index (χ0v) is 11.1. The molecule has 0 aliphatic carbocycles. The van der Waals surface area contributed by atoms with Gasteiger partial charge in [-0.3, -0.25) is 5.32 Å². The summed E-state index contributed by atoms with van der Waals surface area (Å²) in [6.45, 7) is 0.339. The van der Waals surface area contributed by atoms with E-state index < -0.39 is 12.0 Å². The van der Waals surface area contributed by atoms with E-state index in [2.05, 4.69) is 25.6 Å². The summed E-state index contributed by atoms with van der Waals surface area (Å²) in [5, 5.41) is 15.9. The molecule has 20 heavy (non-hydrogen) atoms. The molecule has 0 spiro atoms. The molecule has 104 valence electrons. The van der Waals surface area contributed by atoms with E-state index in [1.165, 1.54) is 29.1 Å². The Morgan fingerprint density at radius 1 is 1.30 bits per heavy atom. The van der Waals surface area contributed by atoms with Crippen LogP contribution in [0.2, 0.25) is 0 Å². The van der Waals surface area contributed by atoms with Crippen LogP contribution in [-0.4, -0.2) is 38.6 Å². The molecule has 0 aliphatic heterocycles. The number of carboxylic acid groups (broad SMARTS) is 1. The number of amides is 2. The SMILES string of the molecule is O=C(NCCc1nc(C(=O)O)cs1)Nc1ncccn1. The number of hydrogen-bond donors (Lipinski definition) is 3. The predicted octanol–water partition coefficient (Wildman–Crippen LogP) is 0.995. The minimum absolute atomic E-state index is 0.0205. The van der Waals surface area contributed by atoms with Crippen LogP contribution < -0.4 is 10.6 Å². The van der Waals surface area contributed by atoms with Crippen molar-refractivity contribution in [3.8, 4) is 0 Å². The van der Waals surface area contributed by atoms with Crippen molar-refractivity contribution in [3.05, 3.63) is 34.5 Å². The fourth-order valence-corrected chi connectivity index (χ4v) is 2.09. The Labute approximate surface area is 117 Å². The first-order valence-corrected chi connectivity index (χ1v) is 6.52. The lowest BCUT2D eigenvalue weighted by atomic mass is 10.4. The van der Waals surface area contributed by atoms with Crippen LogP contribution in [0.1, 0.15) is 15.5 Å². The number of carboxylic acids is 1. The number of urea groups is 1. The number of nitrogens with zero attached hydrogens (tertiary/aromatic N) is 3. The number of carbonyl (C=O) groups is 2. The summed E-state index contributed by atoms with van der Waals surface area (Å²) in [7, 11) is 0. The summed E-state index contributed by atoms with van der Waals surface area (Å²) in [6.07, 6.45) is 3.50. The molecule has 0 radical (unpaired) electrons. The van der Waals surface area contributed by atoms with Gasteiger partial charge in [0.15, 0.2) is 5.69 Å². The maximum atomic E-state index is 11.5. The Balaban J connectivity index is 1.75. The van der Waals surface area contributed by atoms with Crippen LogP contribution >= 0.6 is 11.3 Å². The van der Waals surface area contributed by atoms with Crippen molar-refractivity contribution in [1.29, 1.82) is 0 Å². The second kappa shape index (κ2) is 6.57. The molecule has 2 rings (SSSR count). The highest BCUT2D eigenvalue weighted by Crippen LogP contribution is 2.09. The highest BCUT2D eigenvalue weighted by atomic mass is 32.1. The van der Waals surface area contributed by atoms with Gasteiger partial charge in [0.1, 0.15) is 0 Å². The van der Waals surface area contributed by atoms with Crippen molar-refractivity contribution >= 4 is 29.3 Å². The summed E-state index contributed by atoms with van der Waals surface area (Å²) in [5.74, 6) is -0.841. The first-order valence-electron chi connectivity index (χ1n) is 5.64. The third-order valence-corrected chi connectivity index (χ3v) is 3.09. The van der Waals surface area contributed by atoms with E-state index in [0.29, 0.717) is 18.0 Å². The lowest BCUT2D eigenvalue weighted by Crippen LogP contribution is -2.31. The Morgan fingerprint density at radius 3 is 2.70 bits per heavy atom. The van der Waals surface area contributed by atoms with E-state index >= 15 is 0 Å². The van der Waals surface area contributed by atoms with Crippen molar-refractivity contribution in [2.24, 2.45) is 0 Å². The first-order chi connectivity index (χ1) is 9.65. The third-order valence-electron chi connectivity index (χ3n) is 2.19. The molecule has 0 aliphatic rings. The molecule has 0 fully saturated rings. The highest BCUT2D eigenvalue weighted by molar-refractivity contribution is 7.09. The van der Waals surface area contributed by atoms with Crippen molar-refractivity contribution < 1.29 is 14.7 Å². The molecule has 8 nitrogen and oxygen atoms in total. The largest absolute Gasteiger partial charge is 0.476 e. The number of aromatic carboxylic acids is 1. The number of nitrogens with one attached hydrogen (secondary N) is 2. The number of rotatable bonds is 5. The summed E-state index contributed by atoms with van der Waals surface area (Å²) >= 11 is 1.25. The maximum Gasteiger partial charge on any atom is 0.355 e. The van der Waals surface area contributed by atoms with Crippen LogP contribution in [0.25, 0.3) is 0 Å². The maximum absolute atomic E-state index is 11.5. The van der Waals surface area contributed by atoms with Crippen LogP contribution in [0.15, 0.2) is 23.8 Å². The zero-order valence-electron chi connectivity index (χ0n) is 10.2. The minimum atomic E-state index is -1.06. The monoisotopic (exact) mass is 293 g/mol. The quantitative estimate of drug-likeness (QED) is 0.757. The number of hydrogen-bond acceptors (Lipinski definition) is 6. The van der Waals surface area contributed by atoms with E-state index in [4.69, 9.17) is 5.11 Å². The Hall–Kier alpha value is -2.55. The van der Waals surface area contributed by atoms with Gasteiger partial charge in [0.05, 0.1) is 5.01 Å². The van der Waals surface area contributed by atoms with Crippen LogP contribution in [-0.2, 0) is 6.42 Å². The predicted molar refractivity (Wildman–Crippen MR) is 71.8 cm³/mol. The van der Waals surface area contributed by atoms with Crippen LogP contribution in [0.5, 0.6) is 0 Å². The number of aromatic nitrogens is 3. The van der Waals surface area contributed by atoms with Crippen molar-refractivity contribution in [2.75, 3.05) is 11.9 Å². The molecule has 2 aromatic rings. The van der Waals surface area contributed by atoms with Gasteiger partial charge in [0, 0.05) is 30.7 Å². The summed E-state index contributed by atoms with van der Waals surface area (Å²) in [5.41, 5.74) is 0.0205. The summed E-state index contributed by atoms with van der Waals surface area (Å²) in [4.78, 5) is 33.8. The zero-order chi connectivity index (χ0) is 14.4. The Kier molecular flexibility index (Phi) is 4.56. The molecule has 2 aromatic heterocycles. The van der Waals surface area contributed by atoms with Gasteiger partial charge in [-0.15, -0.1) is 11.3 Å². The number of carbonyl (C=O) groups excluding carboxylic acids is 1. The summed E-state index contributed by atoms with van der Waals surface area (Å²) < 4.78 is 0. The Bertz CT molecular complexity index is 601. The fourth-order valence-electron chi connectivity index (χ4n) is 1.32. The van der Waals surface area contributed by atoms with Gasteiger partial charge in [0.2, 0.25) is 5.95 Å². The van der Waals surface area contributed by atoms with Gasteiger partial charge in [0.25, 0.3) is 0 Å². The molecule has 0 aromatic carbocycles. The number of thiazole rings is 1. The molecule has 2 heterocycles. The molecule has 3 N–H and O–H groups in total. The van der Waals surface area contributed by atoms with Gasteiger partial charge >= 0.3 is 12.0 Å². The highest BCUT2D eigenvalue weighted by Gasteiger charge is 2.09. The average Bonchev–Trinajstić information content (AvgIpc) is 2.89. The fraction of sp³-hybridized carbons (Fsp3) is 0.182. The Morgan fingerprint density at radius 2 is 2.05 bits per heavy atom. The van der Waals surface area contributed by atoms with Crippen molar-refractivity contribution in [3.63, 3.8) is 0 Å². The van der Waals surface area contributed by atoms with Gasteiger partial charge in [-0.1, -0.05) is 0 Å². The van der Waals surface area contributed by atoms with Crippen molar-refractivity contribution in [1.82, 2.24) is 20.3 Å². The van der Waals surface area contributed by atoms with Crippen LogP contribution in [0.3, 0.4) is 0 Å². The van der Waals surface area contributed by atoms with Gasteiger partial charge in [-0.25, -0.2) is 24.5 Å². The van der Waals surface area contributed by atoms with E-state index in [9.17, 15) is 9.59 Å². The lowest BCUT2D eigenvalue weighted by molar-refractivity contribution is 0.0691. The van der Waals surface area contributed by atoms with E-state index in [-0.39, 0.29) is 11.6 Å². The van der Waals surface area contributed by atoms with Crippen molar-refractivity contribution in [2.45, 2.75) is 6.42 Å². The molecule has 0 saturated heterocycles. The normalized spacial score (nSPS) is 10.0. The molecule has 0 atom stereocenters. The molecule has 0 bridgehead atoms. The number of anilines is 1. The molecule has 9 heteroatoms. The van der Waals surface area contributed by atoms with Gasteiger partial charge in [-0.2, -0.15) is 0 Å². The summed E-state index contributed by atoms with van der Waals surface area (Å²) in [6, 6.07) is 1.22. The first kappa shape index (κ1) is 13.9. The van der Waals surface area contributed by atoms with Gasteiger partial charge in [-0.05, 0) is 6.07 Å². The van der Waals surface area contributed by atoms with Gasteiger partial charge < -0.3 is 10.4 Å². The topological polar surface area (TPSA) is 117 Å². The van der Waals surface area contributed by atoms with E-state index in [0.717, 1.165) is 0 Å². The van der Waals surface area contributed by atoms with Crippen LogP contribution in [0, 0.1) is 0 Å². The van der Waals surface area contributed by atoms with E-state index in [1.807, 2.05) is 0 Å². The smallest absolute Gasteiger partial charge is 0.355 e. The molecule has 2 amide bonds. The van der Waals surface area contributed by atoms with Crippen LogP contribution in [0.4, 0.5) is 10.7 Å².